The highest BCUT2D eigenvalue weighted by Gasteiger charge is 2.18. The van der Waals surface area contributed by atoms with Gasteiger partial charge in [-0.3, -0.25) is 4.79 Å². The molecule has 158 valence electrons. The number of esters is 1. The normalized spacial score (nSPS) is 10.8. The Morgan fingerprint density at radius 2 is 1.73 bits per heavy atom. The highest BCUT2D eigenvalue weighted by atomic mass is 16.5. The number of likely N-dealkylation sites (N-methyl/N-ethyl adjacent to an activating group) is 1. The number of fused-ring (bicyclic) bond motifs is 1. The third kappa shape index (κ3) is 4.48. The Morgan fingerprint density at radius 3 is 2.40 bits per heavy atom. The number of carbonyl (C=O) groups excluding carboxylic acids is 2. The first kappa shape index (κ1) is 21.4. The molecule has 0 aliphatic rings. The lowest BCUT2D eigenvalue weighted by atomic mass is 10.1. The standard InChI is InChI=1S/C24H28N2O4/c1-6-26-16(2)11-22(17(26)3)24(28)30-15-23(27)25(4)14-18-7-8-20-13-21(29-5)10-9-19(20)12-18/h7-13H,6,14-15H2,1-5H3. The molecule has 2 aromatic carbocycles. The van der Waals surface area contributed by atoms with Gasteiger partial charge in [-0.1, -0.05) is 18.2 Å². The van der Waals surface area contributed by atoms with Crippen molar-refractivity contribution in [1.29, 1.82) is 0 Å². The largest absolute Gasteiger partial charge is 0.497 e. The van der Waals surface area contributed by atoms with Gasteiger partial charge in [0.2, 0.25) is 0 Å². The van der Waals surface area contributed by atoms with Gasteiger partial charge in [0.25, 0.3) is 5.91 Å². The smallest absolute Gasteiger partial charge is 0.340 e. The molecule has 0 aliphatic carbocycles. The predicted molar refractivity (Wildman–Crippen MR) is 117 cm³/mol. The molecule has 6 nitrogen and oxygen atoms in total. The summed E-state index contributed by atoms with van der Waals surface area (Å²) in [5, 5.41) is 2.15. The van der Waals surface area contributed by atoms with Crippen LogP contribution in [0.2, 0.25) is 0 Å². The first-order valence-electron chi connectivity index (χ1n) is 9.98. The van der Waals surface area contributed by atoms with E-state index >= 15 is 0 Å². The monoisotopic (exact) mass is 408 g/mol. The summed E-state index contributed by atoms with van der Waals surface area (Å²) in [7, 11) is 3.35. The molecule has 1 amide bonds. The summed E-state index contributed by atoms with van der Waals surface area (Å²) in [6.07, 6.45) is 0. The third-order valence-corrected chi connectivity index (χ3v) is 5.39. The Morgan fingerprint density at radius 1 is 1.03 bits per heavy atom. The van der Waals surface area contributed by atoms with Crippen LogP contribution >= 0.6 is 0 Å². The highest BCUT2D eigenvalue weighted by molar-refractivity contribution is 5.92. The van der Waals surface area contributed by atoms with E-state index in [4.69, 9.17) is 9.47 Å². The molecular weight excluding hydrogens is 380 g/mol. The Balaban J connectivity index is 1.60. The highest BCUT2D eigenvalue weighted by Crippen LogP contribution is 2.22. The molecule has 30 heavy (non-hydrogen) atoms. The molecule has 0 N–H and O–H groups in total. The van der Waals surface area contributed by atoms with Crippen LogP contribution in [0.5, 0.6) is 5.75 Å². The number of nitrogens with zero attached hydrogens (tertiary/aromatic N) is 2. The minimum atomic E-state index is -0.468. The molecule has 1 heterocycles. The van der Waals surface area contributed by atoms with Gasteiger partial charge in [0.05, 0.1) is 12.7 Å². The van der Waals surface area contributed by atoms with Crippen molar-refractivity contribution in [3.05, 3.63) is 65.0 Å². The number of methoxy groups -OCH3 is 1. The Hall–Kier alpha value is -3.28. The number of hydrogen-bond donors (Lipinski definition) is 0. The topological polar surface area (TPSA) is 60.8 Å². The Labute approximate surface area is 177 Å². The first-order chi connectivity index (χ1) is 14.3. The second-order valence-electron chi connectivity index (χ2n) is 7.40. The van der Waals surface area contributed by atoms with Crippen molar-refractivity contribution in [2.75, 3.05) is 20.8 Å². The number of amides is 1. The lowest BCUT2D eigenvalue weighted by Gasteiger charge is -2.17. The van der Waals surface area contributed by atoms with Gasteiger partial charge in [-0.25, -0.2) is 4.79 Å². The fourth-order valence-electron chi connectivity index (χ4n) is 3.67. The van der Waals surface area contributed by atoms with E-state index in [1.807, 2.05) is 61.7 Å². The van der Waals surface area contributed by atoms with Gasteiger partial charge in [0, 0.05) is 31.5 Å². The first-order valence-corrected chi connectivity index (χ1v) is 9.98. The summed E-state index contributed by atoms with van der Waals surface area (Å²) in [5.74, 6) is 0.0933. The van der Waals surface area contributed by atoms with Crippen LogP contribution < -0.4 is 4.74 Å². The quantitative estimate of drug-likeness (QED) is 0.552. The number of hydrogen-bond acceptors (Lipinski definition) is 4. The van der Waals surface area contributed by atoms with Gasteiger partial charge in [0.15, 0.2) is 6.61 Å². The molecule has 6 heteroatoms. The lowest BCUT2D eigenvalue weighted by Crippen LogP contribution is -2.30. The van der Waals surface area contributed by atoms with E-state index in [2.05, 4.69) is 0 Å². The lowest BCUT2D eigenvalue weighted by molar-refractivity contribution is -0.133. The summed E-state index contributed by atoms with van der Waals surface area (Å²) < 4.78 is 12.6. The summed E-state index contributed by atoms with van der Waals surface area (Å²) >= 11 is 0. The summed E-state index contributed by atoms with van der Waals surface area (Å²) in [6.45, 7) is 6.79. The number of rotatable bonds is 7. The van der Waals surface area contributed by atoms with Crippen LogP contribution in [0, 0.1) is 13.8 Å². The summed E-state index contributed by atoms with van der Waals surface area (Å²) in [5.41, 5.74) is 3.36. The maximum absolute atomic E-state index is 12.5. The number of benzene rings is 2. The van der Waals surface area contributed by atoms with Gasteiger partial charge in [0.1, 0.15) is 5.75 Å². The minimum absolute atomic E-state index is 0.248. The Kier molecular flexibility index (Phi) is 6.45. The molecule has 0 unspecified atom stereocenters. The molecule has 0 fully saturated rings. The second kappa shape index (κ2) is 9.03. The molecule has 0 spiro atoms. The van der Waals surface area contributed by atoms with E-state index in [-0.39, 0.29) is 12.5 Å². The van der Waals surface area contributed by atoms with E-state index in [1.54, 1.807) is 25.1 Å². The van der Waals surface area contributed by atoms with Gasteiger partial charge in [-0.05, 0) is 61.4 Å². The van der Waals surface area contributed by atoms with Crippen LogP contribution in [0.3, 0.4) is 0 Å². The molecule has 0 aliphatic heterocycles. The van der Waals surface area contributed by atoms with Crippen molar-refractivity contribution >= 4 is 22.6 Å². The van der Waals surface area contributed by atoms with E-state index < -0.39 is 5.97 Å². The average Bonchev–Trinajstić information content (AvgIpc) is 3.04. The summed E-state index contributed by atoms with van der Waals surface area (Å²) in [4.78, 5) is 26.4. The zero-order valence-electron chi connectivity index (χ0n) is 18.2. The minimum Gasteiger partial charge on any atom is -0.497 e. The van der Waals surface area contributed by atoms with Gasteiger partial charge >= 0.3 is 5.97 Å². The zero-order chi connectivity index (χ0) is 21.8. The van der Waals surface area contributed by atoms with Crippen molar-refractivity contribution in [3.8, 4) is 5.75 Å². The number of carbonyl (C=O) groups is 2. The molecule has 0 radical (unpaired) electrons. The van der Waals surface area contributed by atoms with Crippen molar-refractivity contribution in [2.24, 2.45) is 0 Å². The second-order valence-corrected chi connectivity index (χ2v) is 7.40. The maximum atomic E-state index is 12.5. The molecular formula is C24H28N2O4. The van der Waals surface area contributed by atoms with E-state index in [0.717, 1.165) is 40.0 Å². The van der Waals surface area contributed by atoms with Crippen LogP contribution in [-0.4, -0.2) is 42.1 Å². The zero-order valence-corrected chi connectivity index (χ0v) is 18.2. The maximum Gasteiger partial charge on any atom is 0.340 e. The van der Waals surface area contributed by atoms with Gasteiger partial charge < -0.3 is 18.9 Å². The van der Waals surface area contributed by atoms with Crippen molar-refractivity contribution in [1.82, 2.24) is 9.47 Å². The van der Waals surface area contributed by atoms with Crippen LogP contribution in [-0.2, 0) is 22.6 Å². The van der Waals surface area contributed by atoms with Crippen LogP contribution in [0.4, 0.5) is 0 Å². The van der Waals surface area contributed by atoms with Gasteiger partial charge in [-0.2, -0.15) is 0 Å². The molecule has 0 atom stereocenters. The molecule has 3 rings (SSSR count). The van der Waals surface area contributed by atoms with E-state index in [0.29, 0.717) is 12.1 Å². The molecule has 0 bridgehead atoms. The van der Waals surface area contributed by atoms with Gasteiger partial charge in [-0.15, -0.1) is 0 Å². The molecule has 0 saturated heterocycles. The number of aryl methyl sites for hydroxylation is 1. The van der Waals surface area contributed by atoms with Crippen molar-refractivity contribution in [3.63, 3.8) is 0 Å². The predicted octanol–water partition coefficient (Wildman–Crippen LogP) is 4.10. The van der Waals surface area contributed by atoms with Crippen LogP contribution in [0.15, 0.2) is 42.5 Å². The molecule has 1 aromatic heterocycles. The SMILES string of the molecule is CCn1c(C)cc(C(=O)OCC(=O)N(C)Cc2ccc3cc(OC)ccc3c2)c1C. The van der Waals surface area contributed by atoms with E-state index in [1.165, 1.54) is 0 Å². The average molecular weight is 408 g/mol. The number of aromatic nitrogens is 1. The number of ether oxygens (including phenoxy) is 2. The Bertz CT molecular complexity index is 1080. The molecule has 0 saturated carbocycles. The third-order valence-electron chi connectivity index (χ3n) is 5.39. The fraction of sp³-hybridized carbons (Fsp3) is 0.333. The fourth-order valence-corrected chi connectivity index (χ4v) is 3.67. The van der Waals surface area contributed by atoms with Crippen molar-refractivity contribution < 1.29 is 19.1 Å². The van der Waals surface area contributed by atoms with E-state index in [9.17, 15) is 9.59 Å². The van der Waals surface area contributed by atoms with Crippen LogP contribution in [0.1, 0.15) is 34.2 Å². The summed E-state index contributed by atoms with van der Waals surface area (Å²) in [6, 6.07) is 13.7. The van der Waals surface area contributed by atoms with Crippen molar-refractivity contribution in [2.45, 2.75) is 33.9 Å². The molecule has 3 aromatic rings. The van der Waals surface area contributed by atoms with Crippen LogP contribution in [0.25, 0.3) is 10.8 Å².